The lowest BCUT2D eigenvalue weighted by molar-refractivity contribution is -0.115. The van der Waals surface area contributed by atoms with Crippen LogP contribution < -0.4 is 14.8 Å². The molecule has 0 unspecified atom stereocenters. The molecule has 134 valence electrons. The first-order valence-corrected chi connectivity index (χ1v) is 9.08. The van der Waals surface area contributed by atoms with Gasteiger partial charge >= 0.3 is 0 Å². The fourth-order valence-corrected chi connectivity index (χ4v) is 3.10. The van der Waals surface area contributed by atoms with E-state index < -0.39 is 28.3 Å². The number of benzene rings is 2. The Morgan fingerprint density at radius 3 is 2.44 bits per heavy atom. The largest absolute Gasteiger partial charge is 0.494 e. The molecule has 1 amide bonds. The zero-order valence-corrected chi connectivity index (χ0v) is 14.7. The van der Waals surface area contributed by atoms with Gasteiger partial charge in [0.05, 0.1) is 18.0 Å². The van der Waals surface area contributed by atoms with E-state index in [1.54, 1.807) is 24.3 Å². The van der Waals surface area contributed by atoms with Gasteiger partial charge in [-0.3, -0.25) is 4.79 Å². The smallest absolute Gasteiger partial charge is 0.241 e. The zero-order valence-electron chi connectivity index (χ0n) is 13.9. The number of rotatable bonds is 7. The van der Waals surface area contributed by atoms with Crippen LogP contribution >= 0.6 is 0 Å². The van der Waals surface area contributed by atoms with Gasteiger partial charge in [0.2, 0.25) is 15.9 Å². The first-order chi connectivity index (χ1) is 11.8. The summed E-state index contributed by atoms with van der Waals surface area (Å²) in [5, 5.41) is 2.57. The number of carbonyl (C=O) groups excluding carboxylic acids is 1. The lowest BCUT2D eigenvalue weighted by Crippen LogP contribution is -2.33. The molecular formula is C17H19FN2O4S. The zero-order chi connectivity index (χ0) is 18.4. The normalized spacial score (nSPS) is 11.2. The van der Waals surface area contributed by atoms with Crippen molar-refractivity contribution in [3.05, 3.63) is 53.8 Å². The van der Waals surface area contributed by atoms with E-state index in [9.17, 15) is 17.6 Å². The van der Waals surface area contributed by atoms with Gasteiger partial charge in [0, 0.05) is 5.69 Å². The average molecular weight is 366 g/mol. The summed E-state index contributed by atoms with van der Waals surface area (Å²) >= 11 is 0. The summed E-state index contributed by atoms with van der Waals surface area (Å²) in [6.07, 6.45) is 0. The SMILES string of the molecule is CCOc1ccc(NC(=O)CNS(=O)(=O)c2ccc(F)c(C)c2)cc1. The highest BCUT2D eigenvalue weighted by atomic mass is 32.2. The molecule has 6 nitrogen and oxygen atoms in total. The van der Waals surface area contributed by atoms with Crippen LogP contribution in [0.15, 0.2) is 47.4 Å². The van der Waals surface area contributed by atoms with Gasteiger partial charge in [-0.25, -0.2) is 17.5 Å². The molecule has 0 aromatic heterocycles. The third-order valence-electron chi connectivity index (χ3n) is 3.31. The van der Waals surface area contributed by atoms with Crippen molar-refractivity contribution in [1.82, 2.24) is 4.72 Å². The number of halogens is 1. The maximum atomic E-state index is 13.2. The number of nitrogens with one attached hydrogen (secondary N) is 2. The highest BCUT2D eigenvalue weighted by Gasteiger charge is 2.16. The Morgan fingerprint density at radius 2 is 1.84 bits per heavy atom. The van der Waals surface area contributed by atoms with Gasteiger partial charge in [0.1, 0.15) is 11.6 Å². The molecule has 2 rings (SSSR count). The quantitative estimate of drug-likeness (QED) is 0.788. The highest BCUT2D eigenvalue weighted by Crippen LogP contribution is 2.16. The molecule has 0 aliphatic rings. The molecule has 25 heavy (non-hydrogen) atoms. The van der Waals surface area contributed by atoms with Crippen molar-refractivity contribution in [2.45, 2.75) is 18.7 Å². The number of aryl methyl sites for hydroxylation is 1. The fraction of sp³-hybridized carbons (Fsp3) is 0.235. The molecule has 0 saturated carbocycles. The van der Waals surface area contributed by atoms with Gasteiger partial charge in [-0.1, -0.05) is 0 Å². The van der Waals surface area contributed by atoms with E-state index in [4.69, 9.17) is 4.74 Å². The van der Waals surface area contributed by atoms with Crippen LogP contribution in [0.3, 0.4) is 0 Å². The number of amides is 1. The Kier molecular flexibility index (Phi) is 6.11. The van der Waals surface area contributed by atoms with Crippen LogP contribution in [0.5, 0.6) is 5.75 Å². The van der Waals surface area contributed by atoms with Gasteiger partial charge in [-0.15, -0.1) is 0 Å². The van der Waals surface area contributed by atoms with E-state index in [2.05, 4.69) is 10.0 Å². The van der Waals surface area contributed by atoms with Crippen molar-refractivity contribution in [2.75, 3.05) is 18.5 Å². The molecule has 2 aromatic rings. The summed E-state index contributed by atoms with van der Waals surface area (Å²) < 4.78 is 45.0. The first kappa shape index (κ1) is 18.9. The van der Waals surface area contributed by atoms with E-state index in [1.165, 1.54) is 13.0 Å². The Labute approximate surface area is 146 Å². The van der Waals surface area contributed by atoms with E-state index in [1.807, 2.05) is 6.92 Å². The highest BCUT2D eigenvalue weighted by molar-refractivity contribution is 7.89. The van der Waals surface area contributed by atoms with Crippen LogP contribution in [0.25, 0.3) is 0 Å². The van der Waals surface area contributed by atoms with Crippen LogP contribution in [0.2, 0.25) is 0 Å². The minimum absolute atomic E-state index is 0.0970. The Hall–Kier alpha value is -2.45. The van der Waals surface area contributed by atoms with Crippen LogP contribution in [0.4, 0.5) is 10.1 Å². The molecule has 2 N–H and O–H groups in total. The molecular weight excluding hydrogens is 347 g/mol. The maximum absolute atomic E-state index is 13.2. The molecule has 0 fully saturated rings. The van der Waals surface area contributed by atoms with Gasteiger partial charge < -0.3 is 10.1 Å². The van der Waals surface area contributed by atoms with Crippen LogP contribution in [0, 0.1) is 12.7 Å². The van der Waals surface area contributed by atoms with Crippen molar-refractivity contribution in [1.29, 1.82) is 0 Å². The summed E-state index contributed by atoms with van der Waals surface area (Å²) in [5.41, 5.74) is 0.729. The molecule has 0 radical (unpaired) electrons. The Bertz CT molecular complexity index is 851. The minimum atomic E-state index is -3.90. The van der Waals surface area contributed by atoms with Crippen LogP contribution in [0.1, 0.15) is 12.5 Å². The van der Waals surface area contributed by atoms with Gasteiger partial charge in [-0.05, 0) is 61.9 Å². The molecule has 0 bridgehead atoms. The number of carbonyl (C=O) groups is 1. The molecule has 0 aliphatic heterocycles. The standard InChI is InChI=1S/C17H19FN2O4S/c1-3-24-14-6-4-13(5-7-14)20-17(21)11-19-25(22,23)15-8-9-16(18)12(2)10-15/h4-10,19H,3,11H2,1-2H3,(H,20,21). The van der Waals surface area contributed by atoms with Crippen molar-refractivity contribution in [3.8, 4) is 5.75 Å². The lowest BCUT2D eigenvalue weighted by Gasteiger charge is -2.09. The van der Waals surface area contributed by atoms with E-state index in [0.29, 0.717) is 18.0 Å². The molecule has 8 heteroatoms. The number of ether oxygens (including phenoxy) is 1. The summed E-state index contributed by atoms with van der Waals surface area (Å²) in [4.78, 5) is 11.8. The predicted octanol–water partition coefficient (Wildman–Crippen LogP) is 2.45. The van der Waals surface area contributed by atoms with Gasteiger partial charge in [-0.2, -0.15) is 0 Å². The molecule has 0 saturated heterocycles. The summed E-state index contributed by atoms with van der Waals surface area (Å²) in [6, 6.07) is 10.1. The second-order valence-electron chi connectivity index (χ2n) is 5.24. The van der Waals surface area contributed by atoms with Crippen molar-refractivity contribution in [3.63, 3.8) is 0 Å². The van der Waals surface area contributed by atoms with Crippen molar-refractivity contribution < 1.29 is 22.3 Å². The third kappa shape index (κ3) is 5.27. The minimum Gasteiger partial charge on any atom is -0.494 e. The van der Waals surface area contributed by atoms with Crippen molar-refractivity contribution in [2.24, 2.45) is 0 Å². The topological polar surface area (TPSA) is 84.5 Å². The van der Waals surface area contributed by atoms with Gasteiger partial charge in [0.15, 0.2) is 0 Å². The Morgan fingerprint density at radius 1 is 1.16 bits per heavy atom. The van der Waals surface area contributed by atoms with Gasteiger partial charge in [0.25, 0.3) is 0 Å². The first-order valence-electron chi connectivity index (χ1n) is 7.60. The summed E-state index contributed by atoms with van der Waals surface area (Å²) in [6.45, 7) is 3.43. The number of anilines is 1. The number of hydrogen-bond acceptors (Lipinski definition) is 4. The van der Waals surface area contributed by atoms with E-state index in [-0.39, 0.29) is 10.5 Å². The lowest BCUT2D eigenvalue weighted by atomic mass is 10.2. The summed E-state index contributed by atoms with van der Waals surface area (Å²) in [5.74, 6) is -0.341. The predicted molar refractivity (Wildman–Crippen MR) is 92.6 cm³/mol. The molecule has 0 aliphatic carbocycles. The summed E-state index contributed by atoms with van der Waals surface area (Å²) in [7, 11) is -3.90. The second kappa shape index (κ2) is 8.09. The average Bonchev–Trinajstić information content (AvgIpc) is 2.57. The molecule has 0 heterocycles. The molecule has 0 spiro atoms. The third-order valence-corrected chi connectivity index (χ3v) is 4.71. The van der Waals surface area contributed by atoms with Crippen molar-refractivity contribution >= 4 is 21.6 Å². The van der Waals surface area contributed by atoms with E-state index in [0.717, 1.165) is 12.1 Å². The molecule has 2 aromatic carbocycles. The molecule has 0 atom stereocenters. The maximum Gasteiger partial charge on any atom is 0.241 e. The second-order valence-corrected chi connectivity index (χ2v) is 7.01. The Balaban J connectivity index is 1.95. The number of hydrogen-bond donors (Lipinski definition) is 2. The monoisotopic (exact) mass is 366 g/mol. The van der Waals surface area contributed by atoms with Crippen LogP contribution in [-0.2, 0) is 14.8 Å². The number of sulfonamides is 1. The van der Waals surface area contributed by atoms with E-state index >= 15 is 0 Å². The van der Waals surface area contributed by atoms with Crippen LogP contribution in [-0.4, -0.2) is 27.5 Å². The fourth-order valence-electron chi connectivity index (χ4n) is 2.03.